The molecule has 2 aliphatic heterocycles. The van der Waals surface area contributed by atoms with Gasteiger partial charge in [0, 0.05) is 18.4 Å². The van der Waals surface area contributed by atoms with Crippen molar-refractivity contribution >= 4 is 21.6 Å². The van der Waals surface area contributed by atoms with Crippen LogP contribution in [0.1, 0.15) is 25.8 Å². The van der Waals surface area contributed by atoms with E-state index in [1.54, 1.807) is 56.6 Å². The molecule has 3 heterocycles. The predicted octanol–water partition coefficient (Wildman–Crippen LogP) is 2.15. The van der Waals surface area contributed by atoms with Crippen LogP contribution in [0.4, 0.5) is 5.69 Å². The summed E-state index contributed by atoms with van der Waals surface area (Å²) in [6, 6.07) is 8.40. The molecule has 4 rings (SSSR count). The molecule has 2 aliphatic rings. The third-order valence-corrected chi connectivity index (χ3v) is 7.02. The molecule has 8 heteroatoms. The first-order chi connectivity index (χ1) is 12.8. The Hall–Kier alpha value is -2.45. The highest BCUT2D eigenvalue weighted by Gasteiger charge is 2.40. The van der Waals surface area contributed by atoms with E-state index >= 15 is 0 Å². The zero-order valence-electron chi connectivity index (χ0n) is 15.2. The van der Waals surface area contributed by atoms with Crippen molar-refractivity contribution in [3.63, 3.8) is 0 Å². The molecule has 1 N–H and O–H groups in total. The van der Waals surface area contributed by atoms with Crippen LogP contribution in [-0.2, 0) is 20.2 Å². The molecular formula is C19H21N3O4S. The third-order valence-electron chi connectivity index (χ3n) is 5.16. The quantitative estimate of drug-likeness (QED) is 0.868. The van der Waals surface area contributed by atoms with Gasteiger partial charge in [-0.25, -0.2) is 8.42 Å². The van der Waals surface area contributed by atoms with E-state index in [4.69, 9.17) is 4.74 Å². The zero-order chi connectivity index (χ0) is 19.2. The molecule has 0 aliphatic carbocycles. The smallest absolute Gasteiger partial charge is 0.243 e. The maximum absolute atomic E-state index is 13.1. The second-order valence-corrected chi connectivity index (χ2v) is 9.30. The fourth-order valence-electron chi connectivity index (χ4n) is 3.48. The number of carbonyl (C=O) groups excluding carboxylic acids is 1. The Bertz CT molecular complexity index is 989. The van der Waals surface area contributed by atoms with Crippen molar-refractivity contribution in [3.05, 3.63) is 48.3 Å². The van der Waals surface area contributed by atoms with Crippen LogP contribution in [0.2, 0.25) is 0 Å². The first-order valence-corrected chi connectivity index (χ1v) is 10.3. The Kier molecular flexibility index (Phi) is 4.20. The summed E-state index contributed by atoms with van der Waals surface area (Å²) in [5.41, 5.74) is 0.622. The van der Waals surface area contributed by atoms with Crippen molar-refractivity contribution in [1.29, 1.82) is 0 Å². The van der Waals surface area contributed by atoms with Gasteiger partial charge in [-0.3, -0.25) is 9.78 Å². The summed E-state index contributed by atoms with van der Waals surface area (Å²) in [5, 5.41) is 2.80. The molecule has 0 unspecified atom stereocenters. The summed E-state index contributed by atoms with van der Waals surface area (Å²) >= 11 is 0. The Morgan fingerprint density at radius 3 is 2.85 bits per heavy atom. The number of sulfonamides is 1. The first-order valence-electron chi connectivity index (χ1n) is 8.81. The summed E-state index contributed by atoms with van der Waals surface area (Å²) in [4.78, 5) is 16.3. The lowest BCUT2D eigenvalue weighted by Crippen LogP contribution is -2.31. The normalized spacial score (nSPS) is 21.7. The Morgan fingerprint density at radius 2 is 2.11 bits per heavy atom. The molecule has 2 aromatic rings. The number of pyridine rings is 1. The van der Waals surface area contributed by atoms with Crippen molar-refractivity contribution in [2.45, 2.75) is 36.7 Å². The average Bonchev–Trinajstić information content (AvgIpc) is 3.19. The Morgan fingerprint density at radius 1 is 1.30 bits per heavy atom. The van der Waals surface area contributed by atoms with Gasteiger partial charge in [0.25, 0.3) is 0 Å². The van der Waals surface area contributed by atoms with Crippen LogP contribution in [0, 0.1) is 0 Å². The fraction of sp³-hybridized carbons (Fsp3) is 0.368. The van der Waals surface area contributed by atoms with Crippen LogP contribution in [0.5, 0.6) is 5.75 Å². The van der Waals surface area contributed by atoms with Crippen LogP contribution >= 0.6 is 0 Å². The molecule has 27 heavy (non-hydrogen) atoms. The number of fused-ring (bicyclic) bond motifs is 1. The summed E-state index contributed by atoms with van der Waals surface area (Å²) in [7, 11) is -3.65. The minimum atomic E-state index is -3.65. The fourth-order valence-corrected chi connectivity index (χ4v) is 4.99. The van der Waals surface area contributed by atoms with Gasteiger partial charge < -0.3 is 10.1 Å². The molecule has 0 bridgehead atoms. The maximum atomic E-state index is 13.1. The number of nitrogens with zero attached hydrogens (tertiary/aromatic N) is 2. The Balaban J connectivity index is 1.55. The molecule has 1 aromatic carbocycles. The van der Waals surface area contributed by atoms with E-state index in [2.05, 4.69) is 10.3 Å². The molecule has 1 fully saturated rings. The number of hydrogen-bond donors (Lipinski definition) is 1. The van der Waals surface area contributed by atoms with Gasteiger partial charge in [0.1, 0.15) is 11.9 Å². The van der Waals surface area contributed by atoms with E-state index in [1.807, 2.05) is 0 Å². The number of anilines is 1. The maximum Gasteiger partial charge on any atom is 0.243 e. The van der Waals surface area contributed by atoms with Gasteiger partial charge in [-0.15, -0.1) is 0 Å². The van der Waals surface area contributed by atoms with Crippen molar-refractivity contribution in [1.82, 2.24) is 9.29 Å². The topological polar surface area (TPSA) is 88.6 Å². The number of carbonyl (C=O) groups is 1. The lowest BCUT2D eigenvalue weighted by atomic mass is 9.86. The minimum absolute atomic E-state index is 0.127. The SMILES string of the molecule is CC1(C)C(=O)Nc2ccc(S(=O)(=O)N3CC[C@H](Oc4cccnc4)C3)cc21. The number of hydrogen-bond acceptors (Lipinski definition) is 5. The van der Waals surface area contributed by atoms with Gasteiger partial charge in [-0.2, -0.15) is 4.31 Å². The molecule has 0 saturated carbocycles. The molecular weight excluding hydrogens is 366 g/mol. The second kappa shape index (κ2) is 6.31. The second-order valence-electron chi connectivity index (χ2n) is 7.37. The number of nitrogens with one attached hydrogen (secondary N) is 1. The molecule has 142 valence electrons. The highest BCUT2D eigenvalue weighted by atomic mass is 32.2. The Labute approximate surface area is 158 Å². The molecule has 1 atom stereocenters. The van der Waals surface area contributed by atoms with Crippen molar-refractivity contribution in [3.8, 4) is 5.75 Å². The van der Waals surface area contributed by atoms with Crippen LogP contribution in [0.3, 0.4) is 0 Å². The molecule has 1 amide bonds. The monoisotopic (exact) mass is 387 g/mol. The van der Waals surface area contributed by atoms with Crippen LogP contribution in [0.25, 0.3) is 0 Å². The molecule has 1 saturated heterocycles. The van der Waals surface area contributed by atoms with E-state index in [-0.39, 0.29) is 23.5 Å². The largest absolute Gasteiger partial charge is 0.487 e. The standard InChI is InChI=1S/C19H21N3O4S/c1-19(2)16-10-15(5-6-17(16)21-18(19)23)27(24,25)22-9-7-14(12-22)26-13-4-3-8-20-11-13/h3-6,8,10-11,14H,7,9,12H2,1-2H3,(H,21,23)/t14-/m0/s1. The van der Waals surface area contributed by atoms with E-state index in [9.17, 15) is 13.2 Å². The van der Waals surface area contributed by atoms with Crippen LogP contribution < -0.4 is 10.1 Å². The predicted molar refractivity (Wildman–Crippen MR) is 100 cm³/mol. The molecule has 1 aromatic heterocycles. The highest BCUT2D eigenvalue weighted by molar-refractivity contribution is 7.89. The lowest BCUT2D eigenvalue weighted by molar-refractivity contribution is -0.119. The van der Waals surface area contributed by atoms with E-state index in [1.165, 1.54) is 4.31 Å². The summed E-state index contributed by atoms with van der Waals surface area (Å²) in [6.45, 7) is 4.26. The van der Waals surface area contributed by atoms with Gasteiger partial charge in [0.05, 0.1) is 23.1 Å². The number of aromatic nitrogens is 1. The number of amides is 1. The van der Waals surface area contributed by atoms with Gasteiger partial charge in [0.15, 0.2) is 0 Å². The van der Waals surface area contributed by atoms with Crippen molar-refractivity contribution in [2.75, 3.05) is 18.4 Å². The van der Waals surface area contributed by atoms with Crippen LogP contribution in [-0.4, -0.2) is 42.8 Å². The highest BCUT2D eigenvalue weighted by Crippen LogP contribution is 2.39. The molecule has 0 radical (unpaired) electrons. The number of rotatable bonds is 4. The van der Waals surface area contributed by atoms with Crippen LogP contribution in [0.15, 0.2) is 47.6 Å². The van der Waals surface area contributed by atoms with Gasteiger partial charge in [-0.1, -0.05) is 0 Å². The van der Waals surface area contributed by atoms with E-state index in [0.717, 1.165) is 0 Å². The molecule has 7 nitrogen and oxygen atoms in total. The van der Waals surface area contributed by atoms with Gasteiger partial charge >= 0.3 is 0 Å². The summed E-state index contributed by atoms with van der Waals surface area (Å²) < 4.78 is 33.4. The third kappa shape index (κ3) is 3.08. The number of benzene rings is 1. The van der Waals surface area contributed by atoms with Gasteiger partial charge in [-0.05, 0) is 56.2 Å². The first kappa shape index (κ1) is 17.9. The van der Waals surface area contributed by atoms with E-state index < -0.39 is 15.4 Å². The summed E-state index contributed by atoms with van der Waals surface area (Å²) in [5.74, 6) is 0.503. The molecule has 0 spiro atoms. The average molecular weight is 387 g/mol. The summed E-state index contributed by atoms with van der Waals surface area (Å²) in [6.07, 6.45) is 3.68. The lowest BCUT2D eigenvalue weighted by Gasteiger charge is -2.19. The van der Waals surface area contributed by atoms with Gasteiger partial charge in [0.2, 0.25) is 15.9 Å². The minimum Gasteiger partial charge on any atom is -0.487 e. The van der Waals surface area contributed by atoms with Crippen molar-refractivity contribution < 1.29 is 17.9 Å². The number of ether oxygens (including phenoxy) is 1. The van der Waals surface area contributed by atoms with Crippen molar-refractivity contribution in [2.24, 2.45) is 0 Å². The van der Waals surface area contributed by atoms with E-state index in [0.29, 0.717) is 30.0 Å². The zero-order valence-corrected chi connectivity index (χ0v) is 16.0.